The Morgan fingerprint density at radius 1 is 1.37 bits per heavy atom. The summed E-state index contributed by atoms with van der Waals surface area (Å²) in [6, 6.07) is 7.27. The van der Waals surface area contributed by atoms with Gasteiger partial charge in [0.15, 0.2) is 5.76 Å². The molecular weight excluding hydrogens is 470 g/mol. The second kappa shape index (κ2) is 9.71. The largest absolute Gasteiger partial charge is 0.485 e. The molecule has 1 N–H and O–H groups in total. The average Bonchev–Trinajstić information content (AvgIpc) is 3.33. The summed E-state index contributed by atoms with van der Waals surface area (Å²) in [4.78, 5) is 12.5. The molecule has 0 spiro atoms. The third-order valence-electron chi connectivity index (χ3n) is 4.78. The van der Waals surface area contributed by atoms with E-state index in [9.17, 15) is 4.79 Å². The minimum atomic E-state index is -0.290. The normalized spacial score (nSPS) is 11.2. The Hall–Kier alpha value is -2.25. The van der Waals surface area contributed by atoms with Crippen molar-refractivity contribution in [1.82, 2.24) is 15.1 Å². The van der Waals surface area contributed by atoms with Gasteiger partial charge in [-0.1, -0.05) is 25.4 Å². The highest BCUT2D eigenvalue weighted by Gasteiger charge is 2.15. The Balaban J connectivity index is 1.63. The number of amides is 1. The molecule has 1 aromatic carbocycles. The van der Waals surface area contributed by atoms with Gasteiger partial charge in [0.05, 0.1) is 22.9 Å². The minimum Gasteiger partial charge on any atom is -0.485 e. The molecule has 0 radical (unpaired) electrons. The van der Waals surface area contributed by atoms with Crippen LogP contribution in [0.1, 0.15) is 59.8 Å². The van der Waals surface area contributed by atoms with Crippen LogP contribution >= 0.6 is 27.5 Å². The molecule has 0 unspecified atom stereocenters. The van der Waals surface area contributed by atoms with E-state index in [1.807, 2.05) is 30.7 Å². The van der Waals surface area contributed by atoms with Crippen LogP contribution in [0, 0.1) is 6.92 Å². The quantitative estimate of drug-likeness (QED) is 0.426. The van der Waals surface area contributed by atoms with E-state index in [0.717, 1.165) is 38.6 Å². The average molecular weight is 495 g/mol. The van der Waals surface area contributed by atoms with Crippen LogP contribution in [0.4, 0.5) is 0 Å². The Labute approximate surface area is 189 Å². The van der Waals surface area contributed by atoms with Crippen LogP contribution in [-0.2, 0) is 19.7 Å². The first-order valence-electron chi connectivity index (χ1n) is 9.80. The highest BCUT2D eigenvalue weighted by molar-refractivity contribution is 9.10. The van der Waals surface area contributed by atoms with Crippen molar-refractivity contribution in [3.8, 4) is 5.75 Å². The molecule has 3 aromatic rings. The lowest BCUT2D eigenvalue weighted by Crippen LogP contribution is -2.24. The molecule has 160 valence electrons. The van der Waals surface area contributed by atoms with E-state index >= 15 is 0 Å². The molecule has 0 saturated carbocycles. The van der Waals surface area contributed by atoms with E-state index in [0.29, 0.717) is 12.3 Å². The van der Waals surface area contributed by atoms with Gasteiger partial charge in [-0.3, -0.25) is 9.48 Å². The number of carbonyl (C=O) groups is 1. The molecule has 0 saturated heterocycles. The Morgan fingerprint density at radius 3 is 2.83 bits per heavy atom. The summed E-state index contributed by atoms with van der Waals surface area (Å²) >= 11 is 9.71. The summed E-state index contributed by atoms with van der Waals surface area (Å²) < 4.78 is 14.3. The van der Waals surface area contributed by atoms with E-state index in [1.54, 1.807) is 18.3 Å². The zero-order valence-electron chi connectivity index (χ0n) is 17.5. The first kappa shape index (κ1) is 22.4. The predicted molar refractivity (Wildman–Crippen MR) is 120 cm³/mol. The monoisotopic (exact) mass is 493 g/mol. The molecule has 1 amide bonds. The Kier molecular flexibility index (Phi) is 7.26. The molecule has 6 nitrogen and oxygen atoms in total. The number of hydrogen-bond donors (Lipinski definition) is 1. The summed E-state index contributed by atoms with van der Waals surface area (Å²) in [7, 11) is 0. The Morgan fingerprint density at radius 2 is 2.13 bits per heavy atom. The van der Waals surface area contributed by atoms with E-state index in [1.165, 1.54) is 0 Å². The molecule has 3 rings (SSSR count). The number of carbonyl (C=O) groups excluding carboxylic acids is 1. The van der Waals surface area contributed by atoms with E-state index in [-0.39, 0.29) is 24.2 Å². The molecule has 0 bridgehead atoms. The van der Waals surface area contributed by atoms with Crippen LogP contribution in [0.25, 0.3) is 0 Å². The number of aromatic nitrogens is 2. The van der Waals surface area contributed by atoms with E-state index in [2.05, 4.69) is 40.2 Å². The molecule has 0 atom stereocenters. The lowest BCUT2D eigenvalue weighted by molar-refractivity contribution is 0.0918. The highest BCUT2D eigenvalue weighted by Crippen LogP contribution is 2.32. The molecule has 0 aliphatic heterocycles. The summed E-state index contributed by atoms with van der Waals surface area (Å²) in [5.41, 5.74) is 2.89. The van der Waals surface area contributed by atoms with Crippen LogP contribution in [0.2, 0.25) is 5.02 Å². The lowest BCUT2D eigenvalue weighted by Gasteiger charge is -2.15. The maximum absolute atomic E-state index is 12.5. The molecule has 0 aliphatic rings. The predicted octanol–water partition coefficient (Wildman–Crippen LogP) is 5.85. The van der Waals surface area contributed by atoms with Gasteiger partial charge in [0.1, 0.15) is 18.1 Å². The van der Waals surface area contributed by atoms with Crippen LogP contribution < -0.4 is 10.1 Å². The van der Waals surface area contributed by atoms with Crippen molar-refractivity contribution < 1.29 is 13.9 Å². The molecule has 0 fully saturated rings. The fraction of sp³-hybridized carbons (Fsp3) is 0.364. The van der Waals surface area contributed by atoms with Gasteiger partial charge < -0.3 is 14.5 Å². The summed E-state index contributed by atoms with van der Waals surface area (Å²) in [5.74, 6) is 1.56. The van der Waals surface area contributed by atoms with Crippen LogP contribution in [0.15, 0.2) is 39.4 Å². The topological polar surface area (TPSA) is 69.3 Å². The maximum atomic E-state index is 12.5. The number of hydrogen-bond acceptors (Lipinski definition) is 4. The standard InChI is InChI=1S/C22H25BrClN3O3/c1-5-27-19(17(23)10-26-27)11-25-22(28)20-7-6-15(30-20)12-29-21-8-14(4)18(24)9-16(21)13(2)3/h6-10,13H,5,11-12H2,1-4H3,(H,25,28). The fourth-order valence-corrected chi connectivity index (χ4v) is 3.67. The van der Waals surface area contributed by atoms with Crippen molar-refractivity contribution in [3.05, 3.63) is 68.3 Å². The highest BCUT2D eigenvalue weighted by atomic mass is 79.9. The number of furan rings is 1. The fourth-order valence-electron chi connectivity index (χ4n) is 3.06. The first-order valence-corrected chi connectivity index (χ1v) is 11.0. The minimum absolute atomic E-state index is 0.224. The number of halogens is 2. The van der Waals surface area contributed by atoms with Gasteiger partial charge in [0.25, 0.3) is 5.91 Å². The zero-order valence-corrected chi connectivity index (χ0v) is 19.8. The summed E-state index contributed by atoms with van der Waals surface area (Å²) in [5, 5.41) is 7.83. The summed E-state index contributed by atoms with van der Waals surface area (Å²) in [6.07, 6.45) is 1.72. The van der Waals surface area contributed by atoms with Crippen molar-refractivity contribution >= 4 is 33.4 Å². The summed E-state index contributed by atoms with van der Waals surface area (Å²) in [6.45, 7) is 9.41. The number of nitrogens with one attached hydrogen (secondary N) is 1. The second-order valence-electron chi connectivity index (χ2n) is 7.29. The van der Waals surface area contributed by atoms with Crippen molar-refractivity contribution in [3.63, 3.8) is 0 Å². The van der Waals surface area contributed by atoms with E-state index in [4.69, 9.17) is 20.8 Å². The molecule has 2 heterocycles. The first-order chi connectivity index (χ1) is 14.3. The number of rotatable bonds is 8. The van der Waals surface area contributed by atoms with Crippen molar-refractivity contribution in [2.24, 2.45) is 0 Å². The SMILES string of the molecule is CCn1ncc(Br)c1CNC(=O)c1ccc(COc2cc(C)c(Cl)cc2C(C)C)o1. The Bertz CT molecular complexity index is 1040. The van der Waals surface area contributed by atoms with Crippen LogP contribution in [0.5, 0.6) is 5.75 Å². The number of ether oxygens (including phenoxy) is 1. The maximum Gasteiger partial charge on any atom is 0.287 e. The molecule has 2 aromatic heterocycles. The zero-order chi connectivity index (χ0) is 21.8. The van der Waals surface area contributed by atoms with Gasteiger partial charge in [-0.15, -0.1) is 0 Å². The molecule has 8 heteroatoms. The van der Waals surface area contributed by atoms with Crippen LogP contribution in [-0.4, -0.2) is 15.7 Å². The van der Waals surface area contributed by atoms with Crippen LogP contribution in [0.3, 0.4) is 0 Å². The number of nitrogens with zero attached hydrogens (tertiary/aromatic N) is 2. The lowest BCUT2D eigenvalue weighted by atomic mass is 10.0. The molecule has 30 heavy (non-hydrogen) atoms. The second-order valence-corrected chi connectivity index (χ2v) is 8.55. The van der Waals surface area contributed by atoms with Gasteiger partial charge >= 0.3 is 0 Å². The number of aryl methyl sites for hydroxylation is 2. The third-order valence-corrected chi connectivity index (χ3v) is 5.85. The van der Waals surface area contributed by atoms with E-state index < -0.39 is 0 Å². The van der Waals surface area contributed by atoms with Gasteiger partial charge in [-0.25, -0.2) is 0 Å². The van der Waals surface area contributed by atoms with Crippen molar-refractivity contribution in [2.75, 3.05) is 0 Å². The van der Waals surface area contributed by atoms with Gasteiger partial charge in [-0.2, -0.15) is 5.10 Å². The smallest absolute Gasteiger partial charge is 0.287 e. The van der Waals surface area contributed by atoms with Crippen molar-refractivity contribution in [2.45, 2.75) is 53.3 Å². The van der Waals surface area contributed by atoms with Gasteiger partial charge in [0.2, 0.25) is 0 Å². The van der Waals surface area contributed by atoms with Gasteiger partial charge in [-0.05, 0) is 71.1 Å². The van der Waals surface area contributed by atoms with Crippen molar-refractivity contribution in [1.29, 1.82) is 0 Å². The number of benzene rings is 1. The molecular formula is C22H25BrClN3O3. The third kappa shape index (κ3) is 5.08. The van der Waals surface area contributed by atoms with Gasteiger partial charge in [0, 0.05) is 11.6 Å². The molecule has 0 aliphatic carbocycles.